The van der Waals surface area contributed by atoms with Gasteiger partial charge in [-0.05, 0) is 54.8 Å². The summed E-state index contributed by atoms with van der Waals surface area (Å²) in [5.74, 6) is 2.08. The molecule has 1 N–H and O–H groups in total. The number of carbonyl (C=O) groups excluding carboxylic acids is 1. The van der Waals surface area contributed by atoms with Crippen LogP contribution in [-0.4, -0.2) is 27.7 Å². The zero-order valence-electron chi connectivity index (χ0n) is 16.4. The molecule has 0 amide bonds. The van der Waals surface area contributed by atoms with Gasteiger partial charge in [0.25, 0.3) is 0 Å². The van der Waals surface area contributed by atoms with Crippen molar-refractivity contribution in [2.24, 2.45) is 0 Å². The lowest BCUT2D eigenvalue weighted by molar-refractivity contribution is -0.116. The third-order valence-corrected chi connectivity index (χ3v) is 5.57. The topological polar surface area (TPSA) is 92.8 Å². The summed E-state index contributed by atoms with van der Waals surface area (Å²) in [5, 5.41) is 17.2. The first-order valence-electron chi connectivity index (χ1n) is 9.82. The van der Waals surface area contributed by atoms with Crippen LogP contribution in [0.2, 0.25) is 0 Å². The van der Waals surface area contributed by atoms with Crippen molar-refractivity contribution >= 4 is 11.7 Å². The number of hydrogen-bond acceptors (Lipinski definition) is 6. The van der Waals surface area contributed by atoms with Crippen molar-refractivity contribution in [3.05, 3.63) is 70.9 Å². The predicted octanol–water partition coefficient (Wildman–Crippen LogP) is 3.85. The van der Waals surface area contributed by atoms with E-state index in [2.05, 4.69) is 11.4 Å². The van der Waals surface area contributed by atoms with Crippen LogP contribution in [0.4, 0.5) is 5.95 Å². The van der Waals surface area contributed by atoms with E-state index in [0.29, 0.717) is 23.8 Å². The first kappa shape index (κ1) is 18.1. The Morgan fingerprint density at radius 3 is 2.60 bits per heavy atom. The Hall–Kier alpha value is -3.92. The van der Waals surface area contributed by atoms with Crippen LogP contribution in [0.15, 0.2) is 59.8 Å². The first-order chi connectivity index (χ1) is 14.7. The number of hydrogen-bond donors (Lipinski definition) is 1. The number of nitrogens with one attached hydrogen (secondary N) is 1. The second-order valence-corrected chi connectivity index (χ2v) is 7.36. The van der Waals surface area contributed by atoms with Gasteiger partial charge in [0.2, 0.25) is 5.95 Å². The molecule has 1 atom stereocenters. The minimum absolute atomic E-state index is 0.130. The molecule has 30 heavy (non-hydrogen) atoms. The normalized spacial score (nSPS) is 17.6. The average Bonchev–Trinajstić information content (AvgIpc) is 3.22. The summed E-state index contributed by atoms with van der Waals surface area (Å²) in [6.45, 7) is 0. The van der Waals surface area contributed by atoms with Gasteiger partial charge in [0.1, 0.15) is 11.8 Å². The van der Waals surface area contributed by atoms with E-state index in [1.54, 1.807) is 23.9 Å². The van der Waals surface area contributed by atoms with E-state index >= 15 is 0 Å². The second kappa shape index (κ2) is 7.16. The molecule has 0 spiro atoms. The fourth-order valence-electron chi connectivity index (χ4n) is 4.07. The van der Waals surface area contributed by atoms with Crippen molar-refractivity contribution < 1.29 is 9.53 Å². The highest BCUT2D eigenvalue weighted by atomic mass is 16.5. The highest BCUT2D eigenvalue weighted by Gasteiger charge is 2.36. The van der Waals surface area contributed by atoms with Crippen LogP contribution in [-0.2, 0) is 4.79 Å². The Labute approximate surface area is 173 Å². The van der Waals surface area contributed by atoms with Gasteiger partial charge in [0, 0.05) is 23.3 Å². The third kappa shape index (κ3) is 2.94. The van der Waals surface area contributed by atoms with Gasteiger partial charge < -0.3 is 10.1 Å². The molecular formula is C23H19N5O2. The highest BCUT2D eigenvalue weighted by Crippen LogP contribution is 2.40. The molecule has 0 saturated heterocycles. The standard InChI is InChI=1S/C23H19N5O2/c1-30-17-11-9-16(10-12-17)22-26-23-25-18-3-2-4-19(29)20(18)21(28(23)27-22)15-7-5-14(13-24)6-8-15/h5-12,21H,2-4H2,1H3,(H,25,26,27). The quantitative estimate of drug-likeness (QED) is 0.722. The average molecular weight is 397 g/mol. The molecular weight excluding hydrogens is 378 g/mol. The summed E-state index contributed by atoms with van der Waals surface area (Å²) in [7, 11) is 1.63. The van der Waals surface area contributed by atoms with Crippen LogP contribution in [0.25, 0.3) is 11.4 Å². The third-order valence-electron chi connectivity index (χ3n) is 5.57. The van der Waals surface area contributed by atoms with Gasteiger partial charge in [-0.25, -0.2) is 4.68 Å². The summed E-state index contributed by atoms with van der Waals surface area (Å²) in [4.78, 5) is 17.6. The summed E-state index contributed by atoms with van der Waals surface area (Å²) >= 11 is 0. The monoisotopic (exact) mass is 397 g/mol. The minimum Gasteiger partial charge on any atom is -0.497 e. The van der Waals surface area contributed by atoms with Gasteiger partial charge in [0.15, 0.2) is 11.6 Å². The lowest BCUT2D eigenvalue weighted by Crippen LogP contribution is -2.31. The number of nitriles is 1. The van der Waals surface area contributed by atoms with E-state index in [4.69, 9.17) is 20.1 Å². The van der Waals surface area contributed by atoms with Gasteiger partial charge in [-0.15, -0.1) is 5.10 Å². The molecule has 0 bridgehead atoms. The maximum Gasteiger partial charge on any atom is 0.226 e. The Morgan fingerprint density at radius 1 is 1.13 bits per heavy atom. The van der Waals surface area contributed by atoms with Crippen LogP contribution < -0.4 is 10.1 Å². The molecule has 2 aromatic carbocycles. The van der Waals surface area contributed by atoms with Crippen molar-refractivity contribution in [1.82, 2.24) is 14.8 Å². The predicted molar refractivity (Wildman–Crippen MR) is 111 cm³/mol. The Bertz CT molecular complexity index is 1200. The number of methoxy groups -OCH3 is 1. The number of Topliss-reactive ketones (excluding diaryl/α,β-unsaturated/α-hetero) is 1. The van der Waals surface area contributed by atoms with Crippen LogP contribution in [0, 0.1) is 11.3 Å². The molecule has 0 fully saturated rings. The van der Waals surface area contributed by atoms with Crippen LogP contribution in [0.3, 0.4) is 0 Å². The van der Waals surface area contributed by atoms with Crippen molar-refractivity contribution in [1.29, 1.82) is 5.26 Å². The van der Waals surface area contributed by atoms with E-state index in [-0.39, 0.29) is 11.8 Å². The smallest absolute Gasteiger partial charge is 0.226 e. The molecule has 2 aliphatic rings. The van der Waals surface area contributed by atoms with E-state index in [1.165, 1.54) is 0 Å². The zero-order valence-corrected chi connectivity index (χ0v) is 16.4. The Balaban J connectivity index is 1.63. The number of ether oxygens (including phenoxy) is 1. The maximum atomic E-state index is 12.9. The maximum absolute atomic E-state index is 12.9. The molecule has 1 aromatic heterocycles. The SMILES string of the molecule is COc1ccc(-c2nc3n(n2)C(c2ccc(C#N)cc2)C2=C(CCCC2=O)N3)cc1. The number of benzene rings is 2. The van der Waals surface area contributed by atoms with Gasteiger partial charge in [-0.2, -0.15) is 10.2 Å². The second-order valence-electron chi connectivity index (χ2n) is 7.36. The van der Waals surface area contributed by atoms with Gasteiger partial charge >= 0.3 is 0 Å². The van der Waals surface area contributed by atoms with Crippen molar-refractivity contribution in [2.75, 3.05) is 12.4 Å². The molecule has 0 radical (unpaired) electrons. The largest absolute Gasteiger partial charge is 0.497 e. The summed E-state index contributed by atoms with van der Waals surface area (Å²) in [5.41, 5.74) is 4.01. The summed E-state index contributed by atoms with van der Waals surface area (Å²) < 4.78 is 7.01. The van der Waals surface area contributed by atoms with E-state index in [9.17, 15) is 4.79 Å². The number of nitrogens with zero attached hydrogens (tertiary/aromatic N) is 4. The molecule has 7 nitrogen and oxygen atoms in total. The minimum atomic E-state index is -0.365. The molecule has 1 aliphatic heterocycles. The molecule has 5 rings (SSSR count). The number of carbonyl (C=O) groups is 1. The van der Waals surface area contributed by atoms with Crippen molar-refractivity contribution in [2.45, 2.75) is 25.3 Å². The fourth-order valence-corrected chi connectivity index (χ4v) is 4.07. The number of rotatable bonds is 3. The number of fused-ring (bicyclic) bond motifs is 1. The molecule has 3 aromatic rings. The lowest BCUT2D eigenvalue weighted by Gasteiger charge is -2.32. The Kier molecular flexibility index (Phi) is 4.32. The van der Waals surface area contributed by atoms with E-state index < -0.39 is 0 Å². The summed E-state index contributed by atoms with van der Waals surface area (Å²) in [6, 6.07) is 16.7. The molecule has 1 aliphatic carbocycles. The van der Waals surface area contributed by atoms with E-state index in [0.717, 1.165) is 41.0 Å². The van der Waals surface area contributed by atoms with Crippen LogP contribution in [0.1, 0.15) is 36.4 Å². The lowest BCUT2D eigenvalue weighted by atomic mass is 9.85. The zero-order chi connectivity index (χ0) is 20.7. The van der Waals surface area contributed by atoms with Gasteiger partial charge in [-0.1, -0.05) is 12.1 Å². The van der Waals surface area contributed by atoms with Gasteiger partial charge in [-0.3, -0.25) is 4.79 Å². The van der Waals surface area contributed by atoms with Crippen LogP contribution in [0.5, 0.6) is 5.75 Å². The number of ketones is 1. The molecule has 2 heterocycles. The van der Waals surface area contributed by atoms with Crippen molar-refractivity contribution in [3.63, 3.8) is 0 Å². The molecule has 7 heteroatoms. The molecule has 0 saturated carbocycles. The molecule has 148 valence electrons. The van der Waals surface area contributed by atoms with Gasteiger partial charge in [0.05, 0.1) is 18.7 Å². The number of aromatic nitrogens is 3. The fraction of sp³-hybridized carbons (Fsp3) is 0.217. The highest BCUT2D eigenvalue weighted by molar-refractivity contribution is 5.99. The first-order valence-corrected chi connectivity index (χ1v) is 9.82. The molecule has 1 unspecified atom stereocenters. The summed E-state index contributed by atoms with van der Waals surface area (Å²) in [6.07, 6.45) is 2.16. The number of allylic oxidation sites excluding steroid dienone is 2. The van der Waals surface area contributed by atoms with E-state index in [1.807, 2.05) is 36.4 Å². The Morgan fingerprint density at radius 2 is 1.90 bits per heavy atom. The number of anilines is 1. The van der Waals surface area contributed by atoms with Crippen molar-refractivity contribution in [3.8, 4) is 23.2 Å². The van der Waals surface area contributed by atoms with Crippen LogP contribution >= 0.6 is 0 Å².